The monoisotopic (exact) mass is 657 g/mol. The predicted octanol–water partition coefficient (Wildman–Crippen LogP) is 11.9. The molecule has 0 radical (unpaired) electrons. The molecule has 0 saturated carbocycles. The normalized spacial score (nSPS) is 19.9. The Hall–Kier alpha value is -6.13. The summed E-state index contributed by atoms with van der Waals surface area (Å²) in [7, 11) is 0. The number of hydrogen-bond acceptors (Lipinski definition) is 3. The van der Waals surface area contributed by atoms with Crippen molar-refractivity contribution in [3.63, 3.8) is 0 Å². The number of rotatable bonds is 3. The van der Waals surface area contributed by atoms with E-state index in [0.29, 0.717) is 6.01 Å². The molecule has 0 N–H and O–H groups in total. The molecule has 0 amide bonds. The average molecular weight is 658 g/mol. The van der Waals surface area contributed by atoms with Gasteiger partial charge in [-0.2, -0.15) is 4.98 Å². The maximum Gasteiger partial charge on any atom is 0.307 e. The van der Waals surface area contributed by atoms with Crippen molar-refractivity contribution in [1.82, 2.24) is 9.55 Å². The van der Waals surface area contributed by atoms with Crippen LogP contribution in [0.2, 0.25) is 0 Å². The van der Waals surface area contributed by atoms with Crippen LogP contribution in [0.15, 0.2) is 156 Å². The number of nitrogens with zero attached hydrogens (tertiary/aromatic N) is 3. The molecule has 2 unspecified atom stereocenters. The zero-order valence-electron chi connectivity index (χ0n) is 28.8. The lowest BCUT2D eigenvalue weighted by atomic mass is 9.62. The summed E-state index contributed by atoms with van der Waals surface area (Å²) in [6.07, 6.45) is 4.82. The molecule has 3 heterocycles. The van der Waals surface area contributed by atoms with E-state index in [0.717, 1.165) is 22.1 Å². The molecular weight excluding hydrogens is 623 g/mol. The maximum absolute atomic E-state index is 6.30. The van der Waals surface area contributed by atoms with Gasteiger partial charge in [-0.1, -0.05) is 111 Å². The first-order chi connectivity index (χ1) is 24.9. The molecule has 3 aliphatic rings. The first-order valence-electron chi connectivity index (χ1n) is 17.8. The van der Waals surface area contributed by atoms with Crippen molar-refractivity contribution >= 4 is 55.4 Å². The zero-order valence-corrected chi connectivity index (χ0v) is 28.8. The van der Waals surface area contributed by atoms with E-state index < -0.39 is 0 Å². The molecular formula is C47H35N3O. The van der Waals surface area contributed by atoms with Gasteiger partial charge in [-0.3, -0.25) is 4.57 Å². The van der Waals surface area contributed by atoms with Gasteiger partial charge in [-0.15, -0.1) is 0 Å². The summed E-state index contributed by atoms with van der Waals surface area (Å²) < 4.78 is 8.45. The van der Waals surface area contributed by atoms with E-state index >= 15 is 0 Å². The molecule has 0 saturated heterocycles. The molecule has 8 aromatic rings. The number of fused-ring (bicyclic) bond motifs is 11. The number of oxazole rings is 1. The Labute approximate surface area is 296 Å². The van der Waals surface area contributed by atoms with Gasteiger partial charge in [-0.05, 0) is 100 Å². The van der Waals surface area contributed by atoms with E-state index in [9.17, 15) is 0 Å². The third-order valence-electron chi connectivity index (χ3n) is 12.0. The molecule has 6 aromatic carbocycles. The van der Waals surface area contributed by atoms with Crippen molar-refractivity contribution in [2.45, 2.75) is 31.7 Å². The van der Waals surface area contributed by atoms with Gasteiger partial charge in [0.05, 0.1) is 16.6 Å². The fourth-order valence-corrected chi connectivity index (χ4v) is 9.97. The highest BCUT2D eigenvalue weighted by Crippen LogP contribution is 2.65. The second kappa shape index (κ2) is 9.98. The van der Waals surface area contributed by atoms with Gasteiger partial charge in [0.2, 0.25) is 0 Å². The molecule has 11 rings (SSSR count). The first kappa shape index (κ1) is 28.7. The topological polar surface area (TPSA) is 34.2 Å². The fraction of sp³-hybridized carbons (Fsp3) is 0.128. The minimum absolute atomic E-state index is 0.0530. The number of hydrogen-bond donors (Lipinski definition) is 0. The Bertz CT molecular complexity index is 2780. The average Bonchev–Trinajstić information content (AvgIpc) is 3.87. The molecule has 0 spiro atoms. The van der Waals surface area contributed by atoms with Crippen LogP contribution in [0.3, 0.4) is 0 Å². The summed E-state index contributed by atoms with van der Waals surface area (Å²) in [6.45, 7) is 7.36. The summed E-state index contributed by atoms with van der Waals surface area (Å²) in [5.74, 6) is 0.271. The number of para-hydroxylation sites is 4. The van der Waals surface area contributed by atoms with Gasteiger partial charge in [0.15, 0.2) is 5.58 Å². The molecule has 0 bridgehead atoms. The van der Waals surface area contributed by atoms with Crippen LogP contribution in [0.1, 0.15) is 37.5 Å². The van der Waals surface area contributed by atoms with Gasteiger partial charge in [-0.25, -0.2) is 0 Å². The van der Waals surface area contributed by atoms with Crippen LogP contribution in [-0.4, -0.2) is 15.1 Å². The molecule has 4 heteroatoms. The van der Waals surface area contributed by atoms with E-state index in [-0.39, 0.29) is 16.9 Å². The van der Waals surface area contributed by atoms with Crippen LogP contribution in [0.4, 0.5) is 11.4 Å². The summed E-state index contributed by atoms with van der Waals surface area (Å²) in [5.41, 5.74) is 15.3. The van der Waals surface area contributed by atoms with Crippen LogP contribution in [0, 0.1) is 5.92 Å². The highest BCUT2D eigenvalue weighted by molar-refractivity contribution is 6.10. The molecule has 244 valence electrons. The van der Waals surface area contributed by atoms with Gasteiger partial charge >= 0.3 is 6.01 Å². The number of aromatic nitrogens is 2. The van der Waals surface area contributed by atoms with E-state index in [2.05, 4.69) is 158 Å². The second-order valence-corrected chi connectivity index (χ2v) is 15.0. The number of anilines is 2. The smallest absolute Gasteiger partial charge is 0.307 e. The van der Waals surface area contributed by atoms with Crippen molar-refractivity contribution in [3.8, 4) is 17.1 Å². The van der Waals surface area contributed by atoms with E-state index in [4.69, 9.17) is 9.40 Å². The number of allylic oxidation sites excluding steroid dienone is 2. The summed E-state index contributed by atoms with van der Waals surface area (Å²) in [4.78, 5) is 7.50. The zero-order chi connectivity index (χ0) is 34.1. The quantitative estimate of drug-likeness (QED) is 0.190. The molecule has 4 nitrogen and oxygen atoms in total. The minimum Gasteiger partial charge on any atom is -0.423 e. The molecule has 2 aliphatic carbocycles. The predicted molar refractivity (Wildman–Crippen MR) is 210 cm³/mol. The van der Waals surface area contributed by atoms with Crippen LogP contribution in [0.5, 0.6) is 0 Å². The Balaban J connectivity index is 1.10. The first-order valence-corrected chi connectivity index (χ1v) is 17.8. The van der Waals surface area contributed by atoms with Crippen molar-refractivity contribution in [3.05, 3.63) is 168 Å². The number of benzene rings is 6. The second-order valence-electron chi connectivity index (χ2n) is 15.0. The molecule has 1 aliphatic heterocycles. The molecule has 2 atom stereocenters. The largest absolute Gasteiger partial charge is 0.423 e. The van der Waals surface area contributed by atoms with Gasteiger partial charge < -0.3 is 9.32 Å². The SMILES string of the molecule is CC1(C)c2ccccc2C2=CC=C3c4cc(-c5ccc6c(c5)c5ccccc5n6-c5nc6ccccc6o5)ccc4N(c4ccccc4)C3(C)C21. The van der Waals surface area contributed by atoms with E-state index in [1.807, 2.05) is 24.3 Å². The van der Waals surface area contributed by atoms with Crippen LogP contribution in [0.25, 0.3) is 61.2 Å². The maximum atomic E-state index is 6.30. The lowest BCUT2D eigenvalue weighted by Gasteiger charge is -2.49. The summed E-state index contributed by atoms with van der Waals surface area (Å²) in [5, 5.41) is 2.35. The van der Waals surface area contributed by atoms with Gasteiger partial charge in [0, 0.05) is 33.6 Å². The Kier molecular flexibility index (Phi) is 5.61. The highest BCUT2D eigenvalue weighted by atomic mass is 16.4. The minimum atomic E-state index is -0.286. The Morgan fingerprint density at radius 2 is 1.35 bits per heavy atom. The van der Waals surface area contributed by atoms with Crippen molar-refractivity contribution < 1.29 is 4.42 Å². The third kappa shape index (κ3) is 3.72. The van der Waals surface area contributed by atoms with Gasteiger partial charge in [0.25, 0.3) is 0 Å². The van der Waals surface area contributed by atoms with E-state index in [1.54, 1.807) is 0 Å². The fourth-order valence-electron chi connectivity index (χ4n) is 9.97. The Morgan fingerprint density at radius 1 is 0.627 bits per heavy atom. The standard InChI is InChI=1S/C47H35N3O/c1-46(2)37-17-9-7-15-32(37)34-23-24-38-36-28-30(22-26-42(36)50(47(38,3)44(34)46)31-13-5-4-6-14-31)29-21-25-41-35(27-29)33-16-8-11-19-40(33)49(41)45-48-39-18-10-12-20-43(39)51-45/h4-28,44H,1-3H3. The lowest BCUT2D eigenvalue weighted by molar-refractivity contribution is 0.317. The molecule has 2 aromatic heterocycles. The van der Waals surface area contributed by atoms with Crippen molar-refractivity contribution in [2.24, 2.45) is 5.92 Å². The van der Waals surface area contributed by atoms with Crippen LogP contribution >= 0.6 is 0 Å². The third-order valence-corrected chi connectivity index (χ3v) is 12.0. The molecule has 51 heavy (non-hydrogen) atoms. The van der Waals surface area contributed by atoms with Crippen molar-refractivity contribution in [1.29, 1.82) is 0 Å². The van der Waals surface area contributed by atoms with E-state index in [1.165, 1.54) is 61.1 Å². The lowest BCUT2D eigenvalue weighted by Crippen LogP contribution is -2.52. The van der Waals surface area contributed by atoms with Crippen molar-refractivity contribution in [2.75, 3.05) is 4.90 Å². The Morgan fingerprint density at radius 3 is 2.24 bits per heavy atom. The van der Waals surface area contributed by atoms with Crippen LogP contribution < -0.4 is 4.90 Å². The summed E-state index contributed by atoms with van der Waals surface area (Å²) in [6, 6.07) is 51.0. The highest BCUT2D eigenvalue weighted by Gasteiger charge is 2.60. The van der Waals surface area contributed by atoms with Crippen LogP contribution in [-0.2, 0) is 5.41 Å². The molecule has 0 fully saturated rings. The summed E-state index contributed by atoms with van der Waals surface area (Å²) >= 11 is 0. The van der Waals surface area contributed by atoms with Gasteiger partial charge in [0.1, 0.15) is 5.52 Å².